The molecule has 0 unspecified atom stereocenters. The zero-order chi connectivity index (χ0) is 23.5. The molecule has 11 nitrogen and oxygen atoms in total. The van der Waals surface area contributed by atoms with Gasteiger partial charge in [0, 0.05) is 25.2 Å². The van der Waals surface area contributed by atoms with Crippen molar-refractivity contribution in [1.29, 1.82) is 0 Å². The molecule has 0 bridgehead atoms. The van der Waals surface area contributed by atoms with Crippen LogP contribution in [0, 0.1) is 6.92 Å². The Morgan fingerprint density at radius 3 is 2.58 bits per heavy atom. The minimum atomic E-state index is -0.337. The maximum absolute atomic E-state index is 12.3. The maximum atomic E-state index is 12.3. The van der Waals surface area contributed by atoms with E-state index in [9.17, 15) is 4.79 Å². The van der Waals surface area contributed by atoms with E-state index in [1.165, 1.54) is 22.7 Å². The third-order valence-electron chi connectivity index (χ3n) is 5.18. The zero-order valence-electron chi connectivity index (χ0n) is 18.6. The molecule has 4 rings (SSSR count). The van der Waals surface area contributed by atoms with Crippen LogP contribution in [0.2, 0.25) is 0 Å². The van der Waals surface area contributed by atoms with Crippen LogP contribution in [0.4, 0.5) is 0 Å². The molecular formula is C22H23N7O4. The van der Waals surface area contributed by atoms with Gasteiger partial charge >= 0.3 is 5.69 Å². The van der Waals surface area contributed by atoms with Crippen LogP contribution in [0.1, 0.15) is 16.7 Å². The largest absolute Gasteiger partial charge is 0.489 e. The first-order chi connectivity index (χ1) is 15.9. The van der Waals surface area contributed by atoms with Crippen molar-refractivity contribution in [3.8, 4) is 28.6 Å². The molecule has 0 saturated carbocycles. The van der Waals surface area contributed by atoms with Crippen LogP contribution in [-0.4, -0.2) is 48.1 Å². The molecule has 2 aromatic carbocycles. The van der Waals surface area contributed by atoms with Crippen LogP contribution in [0.5, 0.6) is 11.6 Å². The lowest BCUT2D eigenvalue weighted by molar-refractivity contribution is 0.303. The van der Waals surface area contributed by atoms with Crippen LogP contribution in [0.25, 0.3) is 16.9 Å². The number of aromatic nitrogens is 6. The highest BCUT2D eigenvalue weighted by Crippen LogP contribution is 2.32. The summed E-state index contributed by atoms with van der Waals surface area (Å²) in [5.74, 6) is 1.16. The highest BCUT2D eigenvalue weighted by Gasteiger charge is 2.18. The fourth-order valence-electron chi connectivity index (χ4n) is 3.57. The first kappa shape index (κ1) is 21.8. The summed E-state index contributed by atoms with van der Waals surface area (Å²) in [7, 11) is 4.83. The lowest BCUT2D eigenvalue weighted by Crippen LogP contribution is -2.23. The molecule has 11 heteroatoms. The minimum Gasteiger partial charge on any atom is -0.489 e. The first-order valence-corrected chi connectivity index (χ1v) is 10.0. The van der Waals surface area contributed by atoms with Gasteiger partial charge in [-0.25, -0.2) is 9.48 Å². The first-order valence-electron chi connectivity index (χ1n) is 10.0. The molecule has 33 heavy (non-hydrogen) atoms. The van der Waals surface area contributed by atoms with E-state index in [-0.39, 0.29) is 12.3 Å². The van der Waals surface area contributed by atoms with Crippen molar-refractivity contribution in [2.75, 3.05) is 7.11 Å². The highest BCUT2D eigenvalue weighted by atomic mass is 16.5. The van der Waals surface area contributed by atoms with E-state index in [1.54, 1.807) is 24.8 Å². The van der Waals surface area contributed by atoms with Gasteiger partial charge in [-0.1, -0.05) is 23.4 Å². The molecule has 0 aliphatic heterocycles. The normalized spacial score (nSPS) is 11.3. The van der Waals surface area contributed by atoms with E-state index >= 15 is 0 Å². The lowest BCUT2D eigenvalue weighted by atomic mass is 10.1. The van der Waals surface area contributed by atoms with Gasteiger partial charge in [-0.05, 0) is 47.2 Å². The van der Waals surface area contributed by atoms with E-state index in [1.807, 2.05) is 43.3 Å². The molecule has 0 spiro atoms. The van der Waals surface area contributed by atoms with Gasteiger partial charge in [0.05, 0.1) is 24.6 Å². The van der Waals surface area contributed by atoms with Crippen LogP contribution < -0.4 is 15.2 Å². The average molecular weight is 449 g/mol. The molecule has 0 radical (unpaired) electrons. The van der Waals surface area contributed by atoms with Crippen molar-refractivity contribution in [2.45, 2.75) is 13.5 Å². The van der Waals surface area contributed by atoms with Crippen LogP contribution in [0.3, 0.4) is 0 Å². The van der Waals surface area contributed by atoms with E-state index in [0.717, 1.165) is 16.7 Å². The molecule has 0 saturated heterocycles. The second kappa shape index (κ2) is 8.99. The predicted octanol–water partition coefficient (Wildman–Crippen LogP) is 2.07. The Hall–Kier alpha value is -4.41. The zero-order valence-corrected chi connectivity index (χ0v) is 18.6. The summed E-state index contributed by atoms with van der Waals surface area (Å²) >= 11 is 0. The SMILES string of the molecule is COc1c(/C=N/O)c(-c2ccc(OCc3ccccc3-n3nnn(C)c3=O)c(C)c2)nn1C. The predicted molar refractivity (Wildman–Crippen MR) is 120 cm³/mol. The van der Waals surface area contributed by atoms with Gasteiger partial charge < -0.3 is 14.7 Å². The Bertz CT molecular complexity index is 1380. The molecule has 0 amide bonds. The summed E-state index contributed by atoms with van der Waals surface area (Å²) in [6.07, 6.45) is 1.30. The Kier molecular flexibility index (Phi) is 5.94. The molecule has 4 aromatic rings. The molecule has 0 aliphatic carbocycles. The number of methoxy groups -OCH3 is 1. The molecule has 0 atom stereocenters. The van der Waals surface area contributed by atoms with Crippen LogP contribution >= 0.6 is 0 Å². The van der Waals surface area contributed by atoms with E-state index in [0.29, 0.717) is 28.6 Å². The van der Waals surface area contributed by atoms with Gasteiger partial charge in [-0.15, -0.1) is 0 Å². The van der Waals surface area contributed by atoms with Gasteiger partial charge in [-0.2, -0.15) is 14.5 Å². The molecule has 170 valence electrons. The van der Waals surface area contributed by atoms with Crippen molar-refractivity contribution < 1.29 is 14.7 Å². The Balaban J connectivity index is 1.61. The van der Waals surface area contributed by atoms with Crippen molar-refractivity contribution in [2.24, 2.45) is 19.3 Å². The molecular weight excluding hydrogens is 426 g/mol. The van der Waals surface area contributed by atoms with Crippen molar-refractivity contribution >= 4 is 6.21 Å². The lowest BCUT2D eigenvalue weighted by Gasteiger charge is -2.12. The number of hydrogen-bond acceptors (Lipinski definition) is 8. The Labute approximate surface area is 189 Å². The monoisotopic (exact) mass is 449 g/mol. The Morgan fingerprint density at radius 1 is 1.12 bits per heavy atom. The summed E-state index contributed by atoms with van der Waals surface area (Å²) in [5, 5.41) is 24.4. The highest BCUT2D eigenvalue weighted by molar-refractivity contribution is 5.91. The van der Waals surface area contributed by atoms with Crippen LogP contribution in [-0.2, 0) is 20.7 Å². The third-order valence-corrected chi connectivity index (χ3v) is 5.18. The number of tetrazole rings is 1. The fourth-order valence-corrected chi connectivity index (χ4v) is 3.57. The molecule has 2 aromatic heterocycles. The van der Waals surface area contributed by atoms with Crippen molar-refractivity contribution in [3.05, 3.63) is 69.6 Å². The number of ether oxygens (including phenoxy) is 2. The summed E-state index contributed by atoms with van der Waals surface area (Å²) in [5.41, 5.74) is 3.96. The summed E-state index contributed by atoms with van der Waals surface area (Å²) < 4.78 is 15.4. The second-order valence-corrected chi connectivity index (χ2v) is 7.33. The Morgan fingerprint density at radius 2 is 1.91 bits per heavy atom. The number of para-hydroxylation sites is 1. The number of benzene rings is 2. The van der Waals surface area contributed by atoms with Gasteiger partial charge in [0.1, 0.15) is 18.1 Å². The van der Waals surface area contributed by atoms with Gasteiger partial charge in [-0.3, -0.25) is 0 Å². The number of nitrogens with zero attached hydrogens (tertiary/aromatic N) is 7. The second-order valence-electron chi connectivity index (χ2n) is 7.33. The maximum Gasteiger partial charge on any atom is 0.368 e. The van der Waals surface area contributed by atoms with Gasteiger partial charge in [0.15, 0.2) is 0 Å². The number of rotatable bonds is 7. The summed E-state index contributed by atoms with van der Waals surface area (Å²) in [6, 6.07) is 13.0. The fraction of sp³-hybridized carbons (Fsp3) is 0.227. The third kappa shape index (κ3) is 4.07. The number of hydrogen-bond donors (Lipinski definition) is 1. The molecule has 2 heterocycles. The van der Waals surface area contributed by atoms with Gasteiger partial charge in [0.2, 0.25) is 5.88 Å². The van der Waals surface area contributed by atoms with E-state index in [2.05, 4.69) is 20.7 Å². The smallest absolute Gasteiger partial charge is 0.368 e. The topological polar surface area (TPSA) is 122 Å². The summed E-state index contributed by atoms with van der Waals surface area (Å²) in [4.78, 5) is 12.3. The van der Waals surface area contributed by atoms with E-state index in [4.69, 9.17) is 14.7 Å². The average Bonchev–Trinajstić information content (AvgIpc) is 3.31. The minimum absolute atomic E-state index is 0.235. The van der Waals surface area contributed by atoms with E-state index < -0.39 is 0 Å². The summed E-state index contributed by atoms with van der Waals surface area (Å²) in [6.45, 7) is 2.16. The van der Waals surface area contributed by atoms with Crippen molar-refractivity contribution in [3.63, 3.8) is 0 Å². The standard InChI is InChI=1S/C22H23N7O4/c1-14-11-15(20-17(12-23-31)21(32-4)27(2)24-20)9-10-19(14)33-13-16-7-5-6-8-18(16)29-22(30)28(3)25-26-29/h5-12,31H,13H2,1-4H3/b23-12+. The molecule has 0 fully saturated rings. The van der Waals surface area contributed by atoms with Crippen molar-refractivity contribution in [1.82, 2.24) is 29.6 Å². The number of oxime groups is 1. The van der Waals surface area contributed by atoms with Crippen LogP contribution in [0.15, 0.2) is 52.4 Å². The molecule has 0 aliphatic rings. The molecule has 1 N–H and O–H groups in total. The van der Waals surface area contributed by atoms with Gasteiger partial charge in [0.25, 0.3) is 0 Å². The quantitative estimate of drug-likeness (QED) is 0.260. The number of aryl methyl sites for hydroxylation is 3.